The highest BCUT2D eigenvalue weighted by Crippen LogP contribution is 2.43. The quantitative estimate of drug-likeness (QED) is 0.608. The van der Waals surface area contributed by atoms with E-state index in [1.807, 2.05) is 13.8 Å². The topological polar surface area (TPSA) is 34.1 Å². The SMILES string of the molecule is CC(C)[C@H]1C[C@@H]1S(=O)(=O)Cl. The van der Waals surface area contributed by atoms with Gasteiger partial charge in [-0.1, -0.05) is 13.8 Å². The maximum atomic E-state index is 10.7. The zero-order chi connectivity index (χ0) is 7.94. The first-order valence-electron chi connectivity index (χ1n) is 3.36. The highest BCUT2D eigenvalue weighted by Gasteiger charge is 2.47. The molecule has 1 rings (SSSR count). The van der Waals surface area contributed by atoms with E-state index in [4.69, 9.17) is 10.7 Å². The molecule has 0 heterocycles. The van der Waals surface area contributed by atoms with Crippen molar-refractivity contribution < 1.29 is 8.42 Å². The highest BCUT2D eigenvalue weighted by atomic mass is 35.7. The summed E-state index contributed by atoms with van der Waals surface area (Å²) in [5.74, 6) is 0.751. The van der Waals surface area contributed by atoms with E-state index in [9.17, 15) is 8.42 Å². The lowest BCUT2D eigenvalue weighted by molar-refractivity contribution is 0.554. The highest BCUT2D eigenvalue weighted by molar-refractivity contribution is 8.14. The van der Waals surface area contributed by atoms with Crippen molar-refractivity contribution in [3.63, 3.8) is 0 Å². The molecule has 4 heteroatoms. The van der Waals surface area contributed by atoms with Crippen LogP contribution in [-0.2, 0) is 9.05 Å². The Morgan fingerprint density at radius 3 is 2.10 bits per heavy atom. The Labute approximate surface area is 66.0 Å². The van der Waals surface area contributed by atoms with Gasteiger partial charge in [-0.25, -0.2) is 8.42 Å². The third-order valence-corrected chi connectivity index (χ3v) is 3.95. The van der Waals surface area contributed by atoms with Crippen LogP contribution >= 0.6 is 10.7 Å². The first kappa shape index (κ1) is 8.34. The average molecular weight is 183 g/mol. The van der Waals surface area contributed by atoms with E-state index < -0.39 is 9.05 Å². The molecule has 0 spiro atoms. The Morgan fingerprint density at radius 2 is 2.00 bits per heavy atom. The van der Waals surface area contributed by atoms with Crippen LogP contribution in [0.3, 0.4) is 0 Å². The first-order chi connectivity index (χ1) is 4.43. The van der Waals surface area contributed by atoms with Crippen LogP contribution < -0.4 is 0 Å². The second kappa shape index (κ2) is 2.38. The minimum Gasteiger partial charge on any atom is -0.212 e. The standard InChI is InChI=1S/C6H11ClO2S/c1-4(2)5-3-6(5)10(7,8)9/h4-6H,3H2,1-2H3/t5-,6+/m1/s1. The van der Waals surface area contributed by atoms with Crippen molar-refractivity contribution in [2.75, 3.05) is 0 Å². The van der Waals surface area contributed by atoms with Crippen molar-refractivity contribution in [2.45, 2.75) is 25.5 Å². The van der Waals surface area contributed by atoms with Gasteiger partial charge in [0.2, 0.25) is 9.05 Å². The van der Waals surface area contributed by atoms with Crippen LogP contribution in [0.15, 0.2) is 0 Å². The van der Waals surface area contributed by atoms with Gasteiger partial charge in [0.25, 0.3) is 0 Å². The molecule has 0 bridgehead atoms. The fraction of sp³-hybridized carbons (Fsp3) is 1.00. The normalized spacial score (nSPS) is 32.8. The summed E-state index contributed by atoms with van der Waals surface area (Å²) in [6.07, 6.45) is 0.753. The lowest BCUT2D eigenvalue weighted by Gasteiger charge is -1.98. The fourth-order valence-electron chi connectivity index (χ4n) is 1.21. The molecule has 1 aliphatic rings. The molecule has 1 fully saturated rings. The van der Waals surface area contributed by atoms with Crippen LogP contribution in [0.2, 0.25) is 0 Å². The third kappa shape index (κ3) is 1.64. The third-order valence-electron chi connectivity index (χ3n) is 2.00. The number of rotatable bonds is 2. The van der Waals surface area contributed by atoms with Crippen molar-refractivity contribution in [2.24, 2.45) is 11.8 Å². The molecule has 10 heavy (non-hydrogen) atoms. The van der Waals surface area contributed by atoms with E-state index in [2.05, 4.69) is 0 Å². The molecule has 1 saturated carbocycles. The molecule has 0 unspecified atom stereocenters. The van der Waals surface area contributed by atoms with Crippen molar-refractivity contribution in [1.29, 1.82) is 0 Å². The second-order valence-electron chi connectivity index (χ2n) is 3.16. The van der Waals surface area contributed by atoms with Gasteiger partial charge in [-0.3, -0.25) is 0 Å². The summed E-state index contributed by atoms with van der Waals surface area (Å²) >= 11 is 0. The van der Waals surface area contributed by atoms with Crippen LogP contribution in [0.25, 0.3) is 0 Å². The smallest absolute Gasteiger partial charge is 0.212 e. The van der Waals surface area contributed by atoms with E-state index in [1.165, 1.54) is 0 Å². The second-order valence-corrected chi connectivity index (χ2v) is 6.00. The Bertz CT molecular complexity index is 220. The van der Waals surface area contributed by atoms with Crippen LogP contribution in [0.1, 0.15) is 20.3 Å². The molecule has 0 aromatic carbocycles. The summed E-state index contributed by atoms with van der Waals surface area (Å²) in [7, 11) is 1.89. The lowest BCUT2D eigenvalue weighted by Crippen LogP contribution is -2.03. The summed E-state index contributed by atoms with van der Waals surface area (Å²) in [6, 6.07) is 0. The maximum Gasteiger partial charge on any atom is 0.235 e. The predicted molar refractivity (Wildman–Crippen MR) is 41.5 cm³/mol. The number of hydrogen-bond donors (Lipinski definition) is 0. The van der Waals surface area contributed by atoms with Crippen molar-refractivity contribution >= 4 is 19.7 Å². The monoisotopic (exact) mass is 182 g/mol. The van der Waals surface area contributed by atoms with Gasteiger partial charge in [-0.15, -0.1) is 0 Å². The van der Waals surface area contributed by atoms with Gasteiger partial charge in [-0.2, -0.15) is 0 Å². The van der Waals surface area contributed by atoms with Crippen molar-refractivity contribution in [1.82, 2.24) is 0 Å². The molecule has 0 aromatic rings. The molecule has 60 valence electrons. The van der Waals surface area contributed by atoms with Crippen molar-refractivity contribution in [3.8, 4) is 0 Å². The molecule has 0 saturated heterocycles. The van der Waals surface area contributed by atoms with Gasteiger partial charge in [0.1, 0.15) is 0 Å². The minimum absolute atomic E-state index is 0.255. The Hall–Kier alpha value is 0.240. The average Bonchev–Trinajstić information content (AvgIpc) is 2.35. The van der Waals surface area contributed by atoms with E-state index in [0.717, 1.165) is 6.42 Å². The number of hydrogen-bond acceptors (Lipinski definition) is 2. The van der Waals surface area contributed by atoms with Crippen LogP contribution in [0, 0.1) is 11.8 Å². The van der Waals surface area contributed by atoms with Gasteiger partial charge in [0, 0.05) is 10.7 Å². The summed E-state index contributed by atoms with van der Waals surface area (Å²) in [4.78, 5) is 0. The van der Waals surface area contributed by atoms with E-state index in [0.29, 0.717) is 11.8 Å². The van der Waals surface area contributed by atoms with Crippen LogP contribution in [0.4, 0.5) is 0 Å². The van der Waals surface area contributed by atoms with Crippen molar-refractivity contribution in [3.05, 3.63) is 0 Å². The van der Waals surface area contributed by atoms with E-state index in [-0.39, 0.29) is 5.25 Å². The largest absolute Gasteiger partial charge is 0.235 e. The molecule has 0 aromatic heterocycles. The molecule has 2 nitrogen and oxygen atoms in total. The van der Waals surface area contributed by atoms with Gasteiger partial charge >= 0.3 is 0 Å². The summed E-state index contributed by atoms with van der Waals surface area (Å²) in [5, 5.41) is -0.255. The Morgan fingerprint density at radius 1 is 1.50 bits per heavy atom. The molecule has 2 atom stereocenters. The fourth-order valence-corrected chi connectivity index (χ4v) is 3.01. The van der Waals surface area contributed by atoms with Crippen LogP contribution in [0.5, 0.6) is 0 Å². The van der Waals surface area contributed by atoms with Gasteiger partial charge in [0.15, 0.2) is 0 Å². The van der Waals surface area contributed by atoms with Gasteiger partial charge in [-0.05, 0) is 18.3 Å². The number of halogens is 1. The lowest BCUT2D eigenvalue weighted by atomic mass is 10.1. The molecule has 0 radical (unpaired) electrons. The Kier molecular flexibility index (Phi) is 1.98. The molecule has 0 aliphatic heterocycles. The van der Waals surface area contributed by atoms with Crippen LogP contribution in [-0.4, -0.2) is 13.7 Å². The maximum absolute atomic E-state index is 10.7. The summed E-state index contributed by atoms with van der Waals surface area (Å²) < 4.78 is 21.3. The van der Waals surface area contributed by atoms with Gasteiger partial charge in [0.05, 0.1) is 5.25 Å². The zero-order valence-electron chi connectivity index (χ0n) is 6.04. The van der Waals surface area contributed by atoms with E-state index >= 15 is 0 Å². The summed E-state index contributed by atoms with van der Waals surface area (Å²) in [5.41, 5.74) is 0. The minimum atomic E-state index is -3.25. The molecular weight excluding hydrogens is 172 g/mol. The van der Waals surface area contributed by atoms with E-state index in [1.54, 1.807) is 0 Å². The molecule has 1 aliphatic carbocycles. The molecule has 0 N–H and O–H groups in total. The summed E-state index contributed by atoms with van der Waals surface area (Å²) in [6.45, 7) is 4.04. The first-order valence-corrected chi connectivity index (χ1v) is 5.73. The van der Waals surface area contributed by atoms with Gasteiger partial charge < -0.3 is 0 Å². The Balaban J connectivity index is 2.55. The zero-order valence-corrected chi connectivity index (χ0v) is 7.61. The molecular formula is C6H11ClO2S. The molecule has 0 amide bonds. The predicted octanol–water partition coefficient (Wildman–Crippen LogP) is 1.60.